The molecule has 1 aromatic rings. The summed E-state index contributed by atoms with van der Waals surface area (Å²) in [5.41, 5.74) is -0.639. The van der Waals surface area contributed by atoms with Crippen molar-refractivity contribution < 1.29 is 27.5 Å². The summed E-state index contributed by atoms with van der Waals surface area (Å²) in [5.74, 6) is -1.47. The topological polar surface area (TPSA) is 91.8 Å². The van der Waals surface area contributed by atoms with Gasteiger partial charge in [-0.25, -0.2) is 0 Å². The lowest BCUT2D eigenvalue weighted by Crippen LogP contribution is -2.68. The summed E-state index contributed by atoms with van der Waals surface area (Å²) >= 11 is 0. The number of allylic oxidation sites excluding steroid dienone is 1. The smallest absolute Gasteiger partial charge is 0.406 e. The maximum Gasteiger partial charge on any atom is 0.573 e. The number of rotatable bonds is 5. The third-order valence-corrected chi connectivity index (χ3v) is 3.25. The van der Waals surface area contributed by atoms with E-state index in [4.69, 9.17) is 0 Å². The van der Waals surface area contributed by atoms with Crippen LogP contribution in [-0.4, -0.2) is 30.1 Å². The van der Waals surface area contributed by atoms with Crippen molar-refractivity contribution in [2.75, 3.05) is 0 Å². The van der Waals surface area contributed by atoms with E-state index in [1.165, 1.54) is 31.5 Å². The molecule has 0 saturated carbocycles. The fourth-order valence-corrected chi connectivity index (χ4v) is 2.32. The fraction of sp³-hybridized carbons (Fsp3) is 0.312. The van der Waals surface area contributed by atoms with Gasteiger partial charge in [0, 0.05) is 25.4 Å². The van der Waals surface area contributed by atoms with Crippen LogP contribution < -0.4 is 20.7 Å². The van der Waals surface area contributed by atoms with E-state index in [1.807, 2.05) is 0 Å². The van der Waals surface area contributed by atoms with Gasteiger partial charge < -0.3 is 20.7 Å². The number of benzene rings is 1. The molecule has 1 atom stereocenters. The second-order valence-electron chi connectivity index (χ2n) is 5.58. The second kappa shape index (κ2) is 7.46. The van der Waals surface area contributed by atoms with Crippen LogP contribution in [0.15, 0.2) is 41.2 Å². The molecule has 0 radical (unpaired) electrons. The molecule has 140 valence electrons. The first-order valence-corrected chi connectivity index (χ1v) is 7.51. The minimum atomic E-state index is -4.80. The van der Waals surface area contributed by atoms with Gasteiger partial charge in [-0.15, -0.1) is 13.2 Å². The van der Waals surface area contributed by atoms with E-state index in [2.05, 4.69) is 25.7 Å². The molecule has 1 aromatic carbocycles. The number of hydrogen-bond donors (Lipinski definition) is 3. The van der Waals surface area contributed by atoms with Gasteiger partial charge in [0.25, 0.3) is 5.91 Å². The number of nitrogens with zero attached hydrogens (tertiary/aromatic N) is 1. The summed E-state index contributed by atoms with van der Waals surface area (Å²) in [7, 11) is 0. The van der Waals surface area contributed by atoms with E-state index >= 15 is 0 Å². The standard InChI is InChI=1S/C16H17F3N4O3/c1-10-7-20-9-15(22-10,23-11(2)24)14(25)21-8-12-4-3-5-13(6-12)26-16(17,18)19/h3-7,9,22H,8H2,1-2H3,(H,21,25)(H,23,24). The summed E-state index contributed by atoms with van der Waals surface area (Å²) in [6.45, 7) is 2.84. The van der Waals surface area contributed by atoms with Crippen LogP contribution in [0.3, 0.4) is 0 Å². The molecule has 0 saturated heterocycles. The Morgan fingerprint density at radius 2 is 2.08 bits per heavy atom. The minimum Gasteiger partial charge on any atom is -0.406 e. The van der Waals surface area contributed by atoms with Crippen molar-refractivity contribution in [1.82, 2.24) is 16.0 Å². The van der Waals surface area contributed by atoms with Crippen LogP contribution in [0.1, 0.15) is 19.4 Å². The molecular weight excluding hydrogens is 353 g/mol. The molecule has 26 heavy (non-hydrogen) atoms. The van der Waals surface area contributed by atoms with Gasteiger partial charge in [0.2, 0.25) is 11.6 Å². The number of ether oxygens (including phenoxy) is 1. The van der Waals surface area contributed by atoms with Gasteiger partial charge in [0.1, 0.15) is 5.75 Å². The van der Waals surface area contributed by atoms with Gasteiger partial charge in [-0.2, -0.15) is 0 Å². The average molecular weight is 370 g/mol. The van der Waals surface area contributed by atoms with E-state index in [0.29, 0.717) is 11.3 Å². The zero-order valence-electron chi connectivity index (χ0n) is 14.0. The Hall–Kier alpha value is -3.04. The highest BCUT2D eigenvalue weighted by Gasteiger charge is 2.39. The Morgan fingerprint density at radius 3 is 2.69 bits per heavy atom. The second-order valence-corrected chi connectivity index (χ2v) is 5.58. The van der Waals surface area contributed by atoms with Crippen LogP contribution in [0.25, 0.3) is 0 Å². The van der Waals surface area contributed by atoms with Crippen LogP contribution in [-0.2, 0) is 16.1 Å². The summed E-state index contributed by atoms with van der Waals surface area (Å²) < 4.78 is 40.7. The molecule has 0 aromatic heterocycles. The monoisotopic (exact) mass is 370 g/mol. The Labute approximate surface area is 147 Å². The molecule has 1 heterocycles. The maximum absolute atomic E-state index is 12.6. The Bertz CT molecular complexity index is 757. The summed E-state index contributed by atoms with van der Waals surface area (Å²) in [5, 5.41) is 7.87. The Balaban J connectivity index is 2.09. The fourth-order valence-electron chi connectivity index (χ4n) is 2.32. The van der Waals surface area contributed by atoms with Gasteiger partial charge in [-0.05, 0) is 24.6 Å². The quantitative estimate of drug-likeness (QED) is 0.734. The van der Waals surface area contributed by atoms with Gasteiger partial charge in [-0.1, -0.05) is 12.1 Å². The molecule has 7 nitrogen and oxygen atoms in total. The first-order valence-electron chi connectivity index (χ1n) is 7.51. The molecule has 10 heteroatoms. The molecule has 1 aliphatic heterocycles. The van der Waals surface area contributed by atoms with Crippen molar-refractivity contribution >= 4 is 18.0 Å². The summed E-state index contributed by atoms with van der Waals surface area (Å²) in [4.78, 5) is 27.9. The Kier molecular flexibility index (Phi) is 5.53. The van der Waals surface area contributed by atoms with E-state index in [0.717, 1.165) is 12.1 Å². The zero-order valence-corrected chi connectivity index (χ0v) is 14.0. The number of carbonyl (C=O) groups is 2. The highest BCUT2D eigenvalue weighted by molar-refractivity contribution is 6.06. The average Bonchev–Trinajstić information content (AvgIpc) is 2.50. The van der Waals surface area contributed by atoms with Gasteiger partial charge in [0.05, 0.1) is 6.21 Å². The molecule has 0 fully saturated rings. The molecule has 1 unspecified atom stereocenters. The van der Waals surface area contributed by atoms with E-state index in [9.17, 15) is 22.8 Å². The summed E-state index contributed by atoms with van der Waals surface area (Å²) in [6, 6.07) is 5.22. The molecule has 3 N–H and O–H groups in total. The predicted octanol–water partition coefficient (Wildman–Crippen LogP) is 1.57. The van der Waals surface area contributed by atoms with Gasteiger partial charge in [-0.3, -0.25) is 14.6 Å². The van der Waals surface area contributed by atoms with E-state index < -0.39 is 29.6 Å². The lowest BCUT2D eigenvalue weighted by atomic mass is 10.1. The number of halogens is 3. The van der Waals surface area contributed by atoms with Crippen LogP contribution in [0.2, 0.25) is 0 Å². The number of carbonyl (C=O) groups excluding carboxylic acids is 2. The van der Waals surface area contributed by atoms with E-state index in [-0.39, 0.29) is 6.54 Å². The molecule has 1 aliphatic rings. The van der Waals surface area contributed by atoms with Crippen molar-refractivity contribution in [3.63, 3.8) is 0 Å². The number of hydrogen-bond acceptors (Lipinski definition) is 5. The number of nitrogens with one attached hydrogen (secondary N) is 3. The number of alkyl halides is 3. The lowest BCUT2D eigenvalue weighted by molar-refractivity contribution is -0.274. The highest BCUT2D eigenvalue weighted by atomic mass is 19.4. The SMILES string of the molecule is CC(=O)NC1(C(=O)NCc2cccc(OC(F)(F)F)c2)C=NC=C(C)N1. The molecule has 2 rings (SSSR count). The number of aliphatic imine (C=N–C) groups is 1. The third kappa shape index (κ3) is 5.23. The first kappa shape index (κ1) is 19.3. The van der Waals surface area contributed by atoms with Crippen LogP contribution >= 0.6 is 0 Å². The third-order valence-electron chi connectivity index (χ3n) is 3.25. The molecular formula is C16H17F3N4O3. The normalized spacial score (nSPS) is 19.2. The van der Waals surface area contributed by atoms with Crippen molar-refractivity contribution in [3.8, 4) is 5.75 Å². The lowest BCUT2D eigenvalue weighted by Gasteiger charge is -2.33. The highest BCUT2D eigenvalue weighted by Crippen LogP contribution is 2.23. The van der Waals surface area contributed by atoms with Gasteiger partial charge in [0.15, 0.2) is 0 Å². The summed E-state index contributed by atoms with van der Waals surface area (Å²) in [6.07, 6.45) is -2.09. The van der Waals surface area contributed by atoms with Crippen molar-refractivity contribution in [3.05, 3.63) is 41.7 Å². The molecule has 0 aliphatic carbocycles. The van der Waals surface area contributed by atoms with Crippen LogP contribution in [0.5, 0.6) is 5.75 Å². The molecule has 0 spiro atoms. The molecule has 0 bridgehead atoms. The molecule has 2 amide bonds. The van der Waals surface area contributed by atoms with Crippen molar-refractivity contribution in [2.24, 2.45) is 4.99 Å². The van der Waals surface area contributed by atoms with Gasteiger partial charge >= 0.3 is 6.36 Å². The number of amides is 2. The Morgan fingerprint density at radius 1 is 1.35 bits per heavy atom. The predicted molar refractivity (Wildman–Crippen MR) is 86.9 cm³/mol. The maximum atomic E-state index is 12.6. The van der Waals surface area contributed by atoms with Crippen molar-refractivity contribution in [2.45, 2.75) is 32.4 Å². The largest absolute Gasteiger partial charge is 0.573 e. The zero-order chi connectivity index (χ0) is 19.4. The van der Waals surface area contributed by atoms with Crippen molar-refractivity contribution in [1.29, 1.82) is 0 Å². The van der Waals surface area contributed by atoms with Crippen LogP contribution in [0, 0.1) is 0 Å². The van der Waals surface area contributed by atoms with Crippen LogP contribution in [0.4, 0.5) is 13.2 Å². The first-order chi connectivity index (χ1) is 12.1. The minimum absolute atomic E-state index is 0.0759. The van der Waals surface area contributed by atoms with E-state index in [1.54, 1.807) is 6.92 Å².